The predicted molar refractivity (Wildman–Crippen MR) is 76.0 cm³/mol. The van der Waals surface area contributed by atoms with E-state index in [2.05, 4.69) is 40.0 Å². The lowest BCUT2D eigenvalue weighted by Gasteiger charge is -2.31. The minimum Gasteiger partial charge on any atom is -0.497 e. The molecule has 1 aliphatic rings. The van der Waals surface area contributed by atoms with Gasteiger partial charge in [0.15, 0.2) is 0 Å². The highest BCUT2D eigenvalue weighted by Gasteiger charge is 2.18. The Hall–Kier alpha value is -0.580. The Bertz CT molecular complexity index is 391. The fourth-order valence-electron chi connectivity index (χ4n) is 2.37. The summed E-state index contributed by atoms with van der Waals surface area (Å²) in [6, 6.07) is 6.86. The first-order valence-electron chi connectivity index (χ1n) is 6.30. The van der Waals surface area contributed by atoms with Gasteiger partial charge in [0, 0.05) is 30.3 Å². The summed E-state index contributed by atoms with van der Waals surface area (Å²) < 4.78 is 11.8. The van der Waals surface area contributed by atoms with E-state index < -0.39 is 0 Å². The van der Waals surface area contributed by atoms with Crippen molar-refractivity contribution in [1.82, 2.24) is 4.90 Å². The normalized spacial score (nSPS) is 17.1. The first-order valence-corrected chi connectivity index (χ1v) is 7.10. The number of hydrogen-bond acceptors (Lipinski definition) is 3. The third-order valence-corrected chi connectivity index (χ3v) is 3.87. The SMILES string of the molecule is COc1cc(Br)cc(CN(C)C2CCOCC2)c1. The van der Waals surface area contributed by atoms with Crippen molar-refractivity contribution in [3.05, 3.63) is 28.2 Å². The van der Waals surface area contributed by atoms with Crippen LogP contribution in [0.25, 0.3) is 0 Å². The number of ether oxygens (including phenoxy) is 2. The summed E-state index contributed by atoms with van der Waals surface area (Å²) in [7, 11) is 3.89. The second-order valence-electron chi connectivity index (χ2n) is 4.76. The Morgan fingerprint density at radius 1 is 1.33 bits per heavy atom. The molecule has 0 bridgehead atoms. The molecule has 0 N–H and O–H groups in total. The van der Waals surface area contributed by atoms with Gasteiger partial charge in [-0.2, -0.15) is 0 Å². The summed E-state index contributed by atoms with van der Waals surface area (Å²) in [6.07, 6.45) is 2.25. The van der Waals surface area contributed by atoms with Gasteiger partial charge in [0.2, 0.25) is 0 Å². The molecule has 1 fully saturated rings. The molecule has 18 heavy (non-hydrogen) atoms. The van der Waals surface area contributed by atoms with E-state index >= 15 is 0 Å². The Kier molecular flexibility index (Phi) is 5.03. The fourth-order valence-corrected chi connectivity index (χ4v) is 2.89. The van der Waals surface area contributed by atoms with Crippen LogP contribution in [-0.4, -0.2) is 38.3 Å². The van der Waals surface area contributed by atoms with Crippen LogP contribution in [0.15, 0.2) is 22.7 Å². The first-order chi connectivity index (χ1) is 8.69. The highest BCUT2D eigenvalue weighted by atomic mass is 79.9. The van der Waals surface area contributed by atoms with Crippen molar-refractivity contribution < 1.29 is 9.47 Å². The third kappa shape index (κ3) is 3.70. The van der Waals surface area contributed by atoms with Crippen molar-refractivity contribution >= 4 is 15.9 Å². The Morgan fingerprint density at radius 3 is 2.72 bits per heavy atom. The van der Waals surface area contributed by atoms with E-state index in [1.54, 1.807) is 7.11 Å². The van der Waals surface area contributed by atoms with Gasteiger partial charge >= 0.3 is 0 Å². The van der Waals surface area contributed by atoms with Crippen LogP contribution in [0.3, 0.4) is 0 Å². The highest BCUT2D eigenvalue weighted by molar-refractivity contribution is 9.10. The predicted octanol–water partition coefficient (Wildman–Crippen LogP) is 3.07. The Balaban J connectivity index is 2.01. The van der Waals surface area contributed by atoms with Gasteiger partial charge in [-0.1, -0.05) is 15.9 Å². The highest BCUT2D eigenvalue weighted by Crippen LogP contribution is 2.23. The monoisotopic (exact) mass is 313 g/mol. The van der Waals surface area contributed by atoms with Crippen molar-refractivity contribution in [3.63, 3.8) is 0 Å². The molecule has 1 saturated heterocycles. The van der Waals surface area contributed by atoms with E-state index in [4.69, 9.17) is 9.47 Å². The standard InChI is InChI=1S/C14H20BrNO2/c1-16(13-3-5-18-6-4-13)10-11-7-12(15)9-14(8-11)17-2/h7-9,13H,3-6,10H2,1-2H3. The molecule has 4 heteroatoms. The van der Waals surface area contributed by atoms with Gasteiger partial charge in [-0.25, -0.2) is 0 Å². The van der Waals surface area contributed by atoms with E-state index in [1.165, 1.54) is 5.56 Å². The molecule has 100 valence electrons. The molecule has 1 heterocycles. The molecule has 0 aromatic heterocycles. The summed E-state index contributed by atoms with van der Waals surface area (Å²) in [5.41, 5.74) is 1.27. The van der Waals surface area contributed by atoms with Crippen LogP contribution in [0.1, 0.15) is 18.4 Å². The van der Waals surface area contributed by atoms with Crippen LogP contribution in [0.4, 0.5) is 0 Å². The maximum Gasteiger partial charge on any atom is 0.120 e. The average molecular weight is 314 g/mol. The molecule has 1 aliphatic heterocycles. The number of benzene rings is 1. The van der Waals surface area contributed by atoms with Crippen LogP contribution in [-0.2, 0) is 11.3 Å². The van der Waals surface area contributed by atoms with Crippen LogP contribution in [0.2, 0.25) is 0 Å². The van der Waals surface area contributed by atoms with E-state index in [9.17, 15) is 0 Å². The third-order valence-electron chi connectivity index (χ3n) is 3.41. The zero-order valence-corrected chi connectivity index (χ0v) is 12.6. The van der Waals surface area contributed by atoms with Crippen LogP contribution < -0.4 is 4.74 Å². The van der Waals surface area contributed by atoms with Gasteiger partial charge in [0.05, 0.1) is 7.11 Å². The number of rotatable bonds is 4. The molecular formula is C14H20BrNO2. The molecular weight excluding hydrogens is 294 g/mol. The quantitative estimate of drug-likeness (QED) is 0.852. The van der Waals surface area contributed by atoms with Gasteiger partial charge in [0.1, 0.15) is 5.75 Å². The lowest BCUT2D eigenvalue weighted by atomic mass is 10.1. The molecule has 0 radical (unpaired) electrons. The van der Waals surface area contributed by atoms with Crippen molar-refractivity contribution in [2.24, 2.45) is 0 Å². The number of nitrogens with zero attached hydrogens (tertiary/aromatic N) is 1. The van der Waals surface area contributed by atoms with Crippen LogP contribution in [0.5, 0.6) is 5.75 Å². The summed E-state index contributed by atoms with van der Waals surface area (Å²) in [5, 5.41) is 0. The molecule has 0 spiro atoms. The van der Waals surface area contributed by atoms with E-state index in [0.29, 0.717) is 6.04 Å². The zero-order valence-electron chi connectivity index (χ0n) is 11.0. The molecule has 0 unspecified atom stereocenters. The topological polar surface area (TPSA) is 21.7 Å². The molecule has 2 rings (SSSR count). The van der Waals surface area contributed by atoms with Crippen molar-refractivity contribution in [1.29, 1.82) is 0 Å². The summed E-state index contributed by atoms with van der Waals surface area (Å²) in [4.78, 5) is 2.41. The molecule has 1 aromatic rings. The minimum absolute atomic E-state index is 0.628. The Morgan fingerprint density at radius 2 is 2.06 bits per heavy atom. The van der Waals surface area contributed by atoms with Gasteiger partial charge in [-0.05, 0) is 43.7 Å². The summed E-state index contributed by atoms with van der Waals surface area (Å²) in [6.45, 7) is 2.72. The number of methoxy groups -OCH3 is 1. The van der Waals surface area contributed by atoms with Crippen LogP contribution >= 0.6 is 15.9 Å². The summed E-state index contributed by atoms with van der Waals surface area (Å²) >= 11 is 3.52. The second kappa shape index (κ2) is 6.55. The average Bonchev–Trinajstić information content (AvgIpc) is 2.39. The van der Waals surface area contributed by atoms with Gasteiger partial charge in [-0.3, -0.25) is 4.90 Å². The molecule has 0 amide bonds. The van der Waals surface area contributed by atoms with Crippen molar-refractivity contribution in [2.75, 3.05) is 27.4 Å². The van der Waals surface area contributed by atoms with E-state index in [0.717, 1.165) is 42.8 Å². The fraction of sp³-hybridized carbons (Fsp3) is 0.571. The lowest BCUT2D eigenvalue weighted by Crippen LogP contribution is -2.36. The largest absolute Gasteiger partial charge is 0.497 e. The van der Waals surface area contributed by atoms with E-state index in [1.807, 2.05) is 6.07 Å². The minimum atomic E-state index is 0.628. The Labute approximate surface area is 117 Å². The first kappa shape index (κ1) is 13.8. The smallest absolute Gasteiger partial charge is 0.120 e. The van der Waals surface area contributed by atoms with E-state index in [-0.39, 0.29) is 0 Å². The van der Waals surface area contributed by atoms with Crippen molar-refractivity contribution in [2.45, 2.75) is 25.4 Å². The van der Waals surface area contributed by atoms with Gasteiger partial charge in [0.25, 0.3) is 0 Å². The maximum atomic E-state index is 5.40. The maximum absolute atomic E-state index is 5.40. The molecule has 0 saturated carbocycles. The van der Waals surface area contributed by atoms with Gasteiger partial charge < -0.3 is 9.47 Å². The lowest BCUT2D eigenvalue weighted by molar-refractivity contribution is 0.0407. The second-order valence-corrected chi connectivity index (χ2v) is 5.67. The number of hydrogen-bond donors (Lipinski definition) is 0. The van der Waals surface area contributed by atoms with Gasteiger partial charge in [-0.15, -0.1) is 0 Å². The van der Waals surface area contributed by atoms with Crippen LogP contribution in [0, 0.1) is 0 Å². The molecule has 3 nitrogen and oxygen atoms in total. The molecule has 0 aliphatic carbocycles. The summed E-state index contributed by atoms with van der Waals surface area (Å²) in [5.74, 6) is 0.903. The molecule has 1 aromatic carbocycles. The zero-order chi connectivity index (χ0) is 13.0. The van der Waals surface area contributed by atoms with Crippen molar-refractivity contribution in [3.8, 4) is 5.75 Å². The molecule has 0 atom stereocenters. The number of halogens is 1.